The standard InChI is InChI=1S/C16H28N2O4S2/c19-17(20)15(11-13-7-3-1-4-8-13)23-24-16(18(21)22)12-14-9-5-2-6-10-14/h13-16H,1-12H2. The Morgan fingerprint density at radius 1 is 0.708 bits per heavy atom. The van der Waals surface area contributed by atoms with Crippen molar-refractivity contribution in [3.05, 3.63) is 20.2 Å². The average molecular weight is 377 g/mol. The van der Waals surface area contributed by atoms with E-state index in [9.17, 15) is 20.2 Å². The average Bonchev–Trinajstić information content (AvgIpc) is 2.58. The van der Waals surface area contributed by atoms with Gasteiger partial charge in [0, 0.05) is 22.7 Å². The van der Waals surface area contributed by atoms with Crippen LogP contribution in [0, 0.1) is 32.1 Å². The molecule has 0 N–H and O–H groups in total. The second-order valence-corrected chi connectivity index (χ2v) is 9.78. The van der Waals surface area contributed by atoms with Gasteiger partial charge in [-0.05, 0) is 33.4 Å². The first-order valence-electron chi connectivity index (χ1n) is 9.15. The van der Waals surface area contributed by atoms with E-state index in [4.69, 9.17) is 0 Å². The van der Waals surface area contributed by atoms with Crippen molar-refractivity contribution in [1.82, 2.24) is 0 Å². The molecule has 6 nitrogen and oxygen atoms in total. The summed E-state index contributed by atoms with van der Waals surface area (Å²) in [5, 5.41) is 21.3. The Hall–Kier alpha value is -0.500. The maximum absolute atomic E-state index is 11.3. The summed E-state index contributed by atoms with van der Waals surface area (Å²) in [6.07, 6.45) is 12.5. The van der Waals surface area contributed by atoms with Crippen LogP contribution in [0.3, 0.4) is 0 Å². The lowest BCUT2D eigenvalue weighted by atomic mass is 9.87. The van der Waals surface area contributed by atoms with Crippen molar-refractivity contribution < 1.29 is 9.85 Å². The molecule has 24 heavy (non-hydrogen) atoms. The van der Waals surface area contributed by atoms with Crippen LogP contribution < -0.4 is 0 Å². The molecule has 138 valence electrons. The fourth-order valence-electron chi connectivity index (χ4n) is 3.87. The van der Waals surface area contributed by atoms with Gasteiger partial charge in [-0.2, -0.15) is 0 Å². The largest absolute Gasteiger partial charge is 0.268 e. The SMILES string of the molecule is O=[N+]([O-])C(CC1CCCCC1)SSC(CC1CCCCC1)[N+](=O)[O-]. The minimum Gasteiger partial charge on any atom is -0.263 e. The van der Waals surface area contributed by atoms with E-state index < -0.39 is 10.7 Å². The van der Waals surface area contributed by atoms with Crippen molar-refractivity contribution in [2.24, 2.45) is 11.8 Å². The van der Waals surface area contributed by atoms with Gasteiger partial charge in [0.05, 0.1) is 0 Å². The third-order valence-corrected chi connectivity index (χ3v) is 8.22. The molecule has 0 radical (unpaired) electrons. The Morgan fingerprint density at radius 3 is 1.33 bits per heavy atom. The molecule has 0 aromatic carbocycles. The van der Waals surface area contributed by atoms with Crippen molar-refractivity contribution in [1.29, 1.82) is 0 Å². The lowest BCUT2D eigenvalue weighted by molar-refractivity contribution is -0.498. The predicted octanol–water partition coefficient (Wildman–Crippen LogP) is 5.51. The fourth-order valence-corrected chi connectivity index (χ4v) is 6.63. The Labute approximate surface area is 151 Å². The zero-order chi connectivity index (χ0) is 17.4. The summed E-state index contributed by atoms with van der Waals surface area (Å²) >= 11 is 0. The van der Waals surface area contributed by atoms with Gasteiger partial charge in [-0.15, -0.1) is 0 Å². The summed E-state index contributed by atoms with van der Waals surface area (Å²) in [5.41, 5.74) is 0. The molecule has 0 spiro atoms. The van der Waals surface area contributed by atoms with E-state index in [1.54, 1.807) is 0 Å². The Kier molecular flexibility index (Phi) is 8.66. The van der Waals surface area contributed by atoms with Crippen LogP contribution in [0.5, 0.6) is 0 Å². The van der Waals surface area contributed by atoms with Gasteiger partial charge in [0.2, 0.25) is 0 Å². The molecule has 8 heteroatoms. The molecule has 2 rings (SSSR count). The topological polar surface area (TPSA) is 86.3 Å². The highest BCUT2D eigenvalue weighted by Gasteiger charge is 2.33. The molecule has 2 unspecified atom stereocenters. The molecular formula is C16H28N2O4S2. The molecule has 0 amide bonds. The monoisotopic (exact) mass is 376 g/mol. The third kappa shape index (κ3) is 6.78. The highest BCUT2D eigenvalue weighted by atomic mass is 33.1. The molecule has 0 aromatic heterocycles. The van der Waals surface area contributed by atoms with E-state index in [-0.39, 0.29) is 9.85 Å². The van der Waals surface area contributed by atoms with Gasteiger partial charge in [0.15, 0.2) is 0 Å². The molecule has 0 aromatic rings. The van der Waals surface area contributed by atoms with Crippen LogP contribution in [-0.2, 0) is 0 Å². The number of nitro groups is 2. The highest BCUT2D eigenvalue weighted by Crippen LogP contribution is 2.40. The quantitative estimate of drug-likeness (QED) is 0.228. The zero-order valence-electron chi connectivity index (χ0n) is 14.1. The van der Waals surface area contributed by atoms with Gasteiger partial charge in [-0.25, -0.2) is 0 Å². The van der Waals surface area contributed by atoms with Crippen molar-refractivity contribution >= 4 is 21.6 Å². The molecule has 2 fully saturated rings. The minimum absolute atomic E-state index is 0.246. The smallest absolute Gasteiger partial charge is 0.263 e. The highest BCUT2D eigenvalue weighted by molar-refractivity contribution is 8.77. The molecule has 2 aliphatic rings. The molecule has 0 heterocycles. The molecule has 2 aliphatic carbocycles. The second kappa shape index (κ2) is 10.5. The van der Waals surface area contributed by atoms with Crippen molar-refractivity contribution in [3.63, 3.8) is 0 Å². The van der Waals surface area contributed by atoms with Gasteiger partial charge in [-0.3, -0.25) is 20.2 Å². The molecule has 2 saturated carbocycles. The number of hydrogen-bond acceptors (Lipinski definition) is 6. The van der Waals surface area contributed by atoms with Gasteiger partial charge in [0.1, 0.15) is 0 Å². The Bertz CT molecular complexity index is 375. The minimum atomic E-state index is -0.716. The molecular weight excluding hydrogens is 348 g/mol. The van der Waals surface area contributed by atoms with Crippen molar-refractivity contribution in [2.45, 2.75) is 87.8 Å². The van der Waals surface area contributed by atoms with E-state index in [0.717, 1.165) is 73.0 Å². The van der Waals surface area contributed by atoms with Crippen LogP contribution in [-0.4, -0.2) is 20.6 Å². The lowest BCUT2D eigenvalue weighted by Crippen LogP contribution is -2.23. The Morgan fingerprint density at radius 2 is 1.04 bits per heavy atom. The van der Waals surface area contributed by atoms with Gasteiger partial charge < -0.3 is 0 Å². The number of rotatable bonds is 9. The number of hydrogen-bond donors (Lipinski definition) is 0. The maximum Gasteiger partial charge on any atom is 0.268 e. The predicted molar refractivity (Wildman–Crippen MR) is 99.1 cm³/mol. The fraction of sp³-hybridized carbons (Fsp3) is 1.00. The Balaban J connectivity index is 1.82. The van der Waals surface area contributed by atoms with Gasteiger partial charge >= 0.3 is 0 Å². The molecule has 0 saturated heterocycles. The second-order valence-electron chi connectivity index (χ2n) is 7.15. The summed E-state index contributed by atoms with van der Waals surface area (Å²) in [6, 6.07) is 0. The van der Waals surface area contributed by atoms with Gasteiger partial charge in [0.25, 0.3) is 10.7 Å². The first-order chi connectivity index (χ1) is 11.6. The van der Waals surface area contributed by atoms with E-state index in [0.29, 0.717) is 24.7 Å². The maximum atomic E-state index is 11.3. The third-order valence-electron chi connectivity index (χ3n) is 5.27. The van der Waals surface area contributed by atoms with Crippen LogP contribution in [0.15, 0.2) is 0 Å². The van der Waals surface area contributed by atoms with E-state index >= 15 is 0 Å². The summed E-state index contributed by atoms with van der Waals surface area (Å²) in [4.78, 5) is 22.2. The summed E-state index contributed by atoms with van der Waals surface area (Å²) in [7, 11) is 2.25. The van der Waals surface area contributed by atoms with Gasteiger partial charge in [-0.1, -0.05) is 64.2 Å². The summed E-state index contributed by atoms with van der Waals surface area (Å²) < 4.78 is 0. The summed E-state index contributed by atoms with van der Waals surface area (Å²) in [5.74, 6) is 0.823. The van der Waals surface area contributed by atoms with Crippen LogP contribution in [0.4, 0.5) is 0 Å². The van der Waals surface area contributed by atoms with Crippen LogP contribution in [0.25, 0.3) is 0 Å². The first-order valence-corrected chi connectivity index (χ1v) is 11.4. The molecule has 0 bridgehead atoms. The van der Waals surface area contributed by atoms with Crippen molar-refractivity contribution in [2.75, 3.05) is 0 Å². The lowest BCUT2D eigenvalue weighted by Gasteiger charge is -2.24. The summed E-state index contributed by atoms with van der Waals surface area (Å²) in [6.45, 7) is 0. The van der Waals surface area contributed by atoms with Crippen molar-refractivity contribution in [3.8, 4) is 0 Å². The number of nitrogens with zero attached hydrogens (tertiary/aromatic N) is 2. The first kappa shape index (κ1) is 19.8. The molecule has 0 aliphatic heterocycles. The normalized spacial score (nSPS) is 22.8. The molecule has 2 atom stereocenters. The van der Waals surface area contributed by atoms with Crippen LogP contribution in [0.2, 0.25) is 0 Å². The van der Waals surface area contributed by atoms with Crippen LogP contribution >= 0.6 is 21.6 Å². The van der Waals surface area contributed by atoms with Crippen LogP contribution in [0.1, 0.15) is 77.0 Å². The van der Waals surface area contributed by atoms with E-state index in [1.807, 2.05) is 0 Å². The van der Waals surface area contributed by atoms with E-state index in [2.05, 4.69) is 0 Å². The zero-order valence-corrected chi connectivity index (χ0v) is 15.8. The van der Waals surface area contributed by atoms with E-state index in [1.165, 1.54) is 12.8 Å².